The van der Waals surface area contributed by atoms with Crippen LogP contribution < -0.4 is 26.6 Å². The van der Waals surface area contributed by atoms with Gasteiger partial charge in [0, 0.05) is 25.1 Å². The number of hydrogen-bond acceptors (Lipinski definition) is 12. The molecule has 18 heteroatoms. The lowest BCUT2D eigenvalue weighted by Gasteiger charge is -2.30. The Hall–Kier alpha value is -5.97. The van der Waals surface area contributed by atoms with Crippen molar-refractivity contribution in [3.63, 3.8) is 0 Å². The Balaban J connectivity index is 1.55. The third kappa shape index (κ3) is 18.1. The van der Waals surface area contributed by atoms with Gasteiger partial charge in [0.15, 0.2) is 5.78 Å². The molecule has 1 saturated heterocycles. The fourth-order valence-corrected chi connectivity index (χ4v) is 8.90. The van der Waals surface area contributed by atoms with Gasteiger partial charge in [-0.3, -0.25) is 37.9 Å². The molecule has 374 valence electrons. The number of aliphatic hydroxyl groups is 1. The Labute approximate surface area is 406 Å². The summed E-state index contributed by atoms with van der Waals surface area (Å²) in [5, 5.41) is 25.2. The van der Waals surface area contributed by atoms with Gasteiger partial charge in [-0.25, -0.2) is 0 Å². The Morgan fingerprint density at radius 3 is 1.94 bits per heavy atom. The quantitative estimate of drug-likeness (QED) is 0.0503. The van der Waals surface area contributed by atoms with Crippen LogP contribution in [0.15, 0.2) is 83.8 Å². The van der Waals surface area contributed by atoms with Gasteiger partial charge in [0.2, 0.25) is 23.6 Å². The highest BCUT2D eigenvalue weighted by Gasteiger charge is 2.40. The first kappa shape index (κ1) is 55.6. The highest BCUT2D eigenvalue weighted by molar-refractivity contribution is 7.86. The number of ether oxygens (including phenoxy) is 1. The smallest absolute Gasteiger partial charge is 0.297 e. The average molecular weight is 973 g/mol. The van der Waals surface area contributed by atoms with Crippen molar-refractivity contribution in [1.29, 1.82) is 0 Å². The van der Waals surface area contributed by atoms with E-state index >= 15 is 0 Å². The van der Waals surface area contributed by atoms with E-state index in [9.17, 15) is 42.3 Å². The molecule has 5 amide bonds. The predicted molar refractivity (Wildman–Crippen MR) is 260 cm³/mol. The molecule has 0 aromatic heterocycles. The summed E-state index contributed by atoms with van der Waals surface area (Å²) in [7, 11) is -4.65. The highest BCUT2D eigenvalue weighted by Crippen LogP contribution is 2.23. The number of terminal acetylenes is 1. The zero-order chi connectivity index (χ0) is 50.7. The van der Waals surface area contributed by atoms with Crippen LogP contribution in [0, 0.1) is 31.1 Å². The molecule has 0 saturated carbocycles. The van der Waals surface area contributed by atoms with Gasteiger partial charge < -0.3 is 36.4 Å². The first-order valence-electron chi connectivity index (χ1n) is 23.3. The number of ketones is 1. The number of morpholine rings is 1. The van der Waals surface area contributed by atoms with Gasteiger partial charge >= 0.3 is 0 Å². The van der Waals surface area contributed by atoms with Crippen LogP contribution in [-0.2, 0) is 55.9 Å². The molecular weight excluding hydrogens is 905 g/mol. The zero-order valence-corrected chi connectivity index (χ0v) is 41.2. The lowest BCUT2D eigenvalue weighted by Crippen LogP contribution is -2.60. The molecule has 1 aliphatic heterocycles. The fraction of sp³-hybridized carbons (Fsp3) is 0.490. The number of nitrogens with one attached hydrogen (secondary N) is 5. The minimum absolute atomic E-state index is 0.0118. The molecule has 3 aromatic rings. The number of benzene rings is 3. The molecule has 0 spiro atoms. The van der Waals surface area contributed by atoms with E-state index in [1.165, 1.54) is 19.1 Å². The van der Waals surface area contributed by atoms with Gasteiger partial charge in [-0.15, -0.1) is 6.42 Å². The van der Waals surface area contributed by atoms with E-state index in [0.29, 0.717) is 38.3 Å². The molecule has 4 rings (SSSR count). The zero-order valence-electron chi connectivity index (χ0n) is 40.4. The average Bonchev–Trinajstić information content (AvgIpc) is 3.31. The minimum atomic E-state index is -4.65. The van der Waals surface area contributed by atoms with Crippen molar-refractivity contribution in [2.45, 2.75) is 108 Å². The van der Waals surface area contributed by atoms with E-state index in [1.54, 1.807) is 44.2 Å². The van der Waals surface area contributed by atoms with E-state index in [1.807, 2.05) is 49.1 Å². The molecular formula is C51H68N6O11S. The van der Waals surface area contributed by atoms with Crippen LogP contribution >= 0.6 is 0 Å². The van der Waals surface area contributed by atoms with Crippen molar-refractivity contribution in [3.8, 4) is 12.3 Å². The van der Waals surface area contributed by atoms with Crippen LogP contribution in [0.1, 0.15) is 80.9 Å². The number of hydrogen-bond donors (Lipinski definition) is 6. The third-order valence-electron chi connectivity index (χ3n) is 11.4. The maximum absolute atomic E-state index is 14.4. The Kier molecular flexibility index (Phi) is 21.5. The molecule has 5 atom stereocenters. The first-order valence-corrected chi connectivity index (χ1v) is 24.7. The monoisotopic (exact) mass is 972 g/mol. The topological polar surface area (TPSA) is 239 Å². The summed E-state index contributed by atoms with van der Waals surface area (Å²) in [6.45, 7) is 11.0. The number of Topliss-reactive ketones (excluding diaryl/α,β-unsaturated/α-hetero) is 1. The van der Waals surface area contributed by atoms with Crippen molar-refractivity contribution in [1.82, 2.24) is 31.5 Å². The van der Waals surface area contributed by atoms with Crippen molar-refractivity contribution >= 4 is 45.4 Å². The Bertz CT molecular complexity index is 2370. The highest BCUT2D eigenvalue weighted by atomic mass is 32.2. The normalized spacial score (nSPS) is 15.7. The number of rotatable bonds is 26. The summed E-state index contributed by atoms with van der Waals surface area (Å²) in [5.41, 5.74) is -0.623. The van der Waals surface area contributed by atoms with Gasteiger partial charge in [0.1, 0.15) is 30.3 Å². The largest absolute Gasteiger partial charge is 0.380 e. The fourth-order valence-electron chi connectivity index (χ4n) is 7.65. The third-order valence-corrected chi connectivity index (χ3v) is 12.8. The minimum Gasteiger partial charge on any atom is -0.380 e. The second kappa shape index (κ2) is 26.7. The van der Waals surface area contributed by atoms with Crippen LogP contribution in [0.5, 0.6) is 0 Å². The Morgan fingerprint density at radius 2 is 1.33 bits per heavy atom. The van der Waals surface area contributed by atoms with E-state index in [-0.39, 0.29) is 72.5 Å². The molecule has 1 heterocycles. The van der Waals surface area contributed by atoms with Gasteiger partial charge in [0.05, 0.1) is 37.2 Å². The summed E-state index contributed by atoms with van der Waals surface area (Å²) in [6, 6.07) is 17.4. The van der Waals surface area contributed by atoms with E-state index in [0.717, 1.165) is 18.6 Å². The lowest BCUT2D eigenvalue weighted by molar-refractivity contribution is -0.143. The molecule has 1 fully saturated rings. The van der Waals surface area contributed by atoms with E-state index in [2.05, 4.69) is 32.5 Å². The van der Waals surface area contributed by atoms with Gasteiger partial charge in [-0.1, -0.05) is 100 Å². The van der Waals surface area contributed by atoms with Gasteiger partial charge in [-0.05, 0) is 80.2 Å². The molecule has 3 aromatic carbocycles. The number of aryl methyl sites for hydroxylation is 2. The molecule has 69 heavy (non-hydrogen) atoms. The van der Waals surface area contributed by atoms with Crippen molar-refractivity contribution in [3.05, 3.63) is 101 Å². The summed E-state index contributed by atoms with van der Waals surface area (Å²) < 4.78 is 37.6. The number of amides is 5. The van der Waals surface area contributed by atoms with Crippen LogP contribution in [0.3, 0.4) is 0 Å². The number of carbonyl (C=O) groups excluding carboxylic acids is 6. The second-order valence-corrected chi connectivity index (χ2v) is 20.0. The number of nitrogens with zero attached hydrogens (tertiary/aromatic N) is 1. The van der Waals surface area contributed by atoms with Crippen molar-refractivity contribution in [2.75, 3.05) is 46.0 Å². The molecule has 0 radical (unpaired) electrons. The van der Waals surface area contributed by atoms with Crippen LogP contribution in [0.25, 0.3) is 0 Å². The van der Waals surface area contributed by atoms with E-state index in [4.69, 9.17) is 15.3 Å². The summed E-state index contributed by atoms with van der Waals surface area (Å²) in [4.78, 5) is 84.5. The van der Waals surface area contributed by atoms with Crippen LogP contribution in [-0.4, -0.2) is 130 Å². The van der Waals surface area contributed by atoms with Crippen molar-refractivity contribution < 1.29 is 51.2 Å². The first-order chi connectivity index (χ1) is 32.7. The second-order valence-electron chi connectivity index (χ2n) is 18.4. The SMILES string of the molecule is C#CCNC(=O)c1ccc(C)c(S(=O)(=O)OCC(C)(O)C(=O)[C@H](CC(C)C)NC(=O)[C@H](Cc2ccccc2)NC(=O)[C@H](CC(C)C)NC(=O)[C@H](CCc2ccccc2)NC(=O)CN2CCOCC2)c1. The standard InChI is InChI=1S/C51H68N6O11S/c1-8-23-52-47(60)39-21-19-36(6)44(31-39)69(65,66)68-33-51(7,64)46(59)41(28-34(2)3)54-50(63)43(30-38-17-13-10-14-18-38)56-49(62)42(29-35(4)5)55-48(61)40(22-20-37-15-11-9-12-16-37)53-45(58)32-57-24-26-67-27-25-57/h1,9-19,21,31,34-35,40-43,64H,20,22-30,32-33H2,2-7H3,(H,52,60)(H,53,58)(H,54,63)(H,55,61)(H,56,62)/t40-,41-,42-,43-,51?/m0/s1. The van der Waals surface area contributed by atoms with Crippen LogP contribution in [0.2, 0.25) is 0 Å². The maximum atomic E-state index is 14.4. The Morgan fingerprint density at radius 1 is 0.783 bits per heavy atom. The van der Waals surface area contributed by atoms with E-state index < -0.39 is 75.9 Å². The predicted octanol–water partition coefficient (Wildman–Crippen LogP) is 2.62. The maximum Gasteiger partial charge on any atom is 0.297 e. The van der Waals surface area contributed by atoms with Crippen molar-refractivity contribution in [2.24, 2.45) is 11.8 Å². The summed E-state index contributed by atoms with van der Waals surface area (Å²) in [6.07, 6.45) is 6.09. The molecule has 6 N–H and O–H groups in total. The summed E-state index contributed by atoms with van der Waals surface area (Å²) in [5.74, 6) is -2.02. The molecule has 17 nitrogen and oxygen atoms in total. The molecule has 0 aliphatic carbocycles. The van der Waals surface area contributed by atoms with Crippen LogP contribution in [0.4, 0.5) is 0 Å². The summed E-state index contributed by atoms with van der Waals surface area (Å²) >= 11 is 0. The molecule has 1 aliphatic rings. The van der Waals surface area contributed by atoms with Gasteiger partial charge in [0.25, 0.3) is 16.0 Å². The number of carbonyl (C=O) groups is 6. The van der Waals surface area contributed by atoms with Gasteiger partial charge in [-0.2, -0.15) is 8.42 Å². The molecule has 0 bridgehead atoms. The lowest BCUT2D eigenvalue weighted by atomic mass is 9.90. The molecule has 1 unspecified atom stereocenters.